The Bertz CT molecular complexity index is 861. The molecule has 0 aliphatic heterocycles. The van der Waals surface area contributed by atoms with E-state index < -0.39 is 12.5 Å². The molecule has 0 atom stereocenters. The number of hydrogen-bond donors (Lipinski definition) is 1. The maximum Gasteiger partial charge on any atom is 0.333 e. The van der Waals surface area contributed by atoms with E-state index in [2.05, 4.69) is 15.5 Å². The number of hydrogen-bond acceptors (Lipinski definition) is 3. The molecule has 0 aliphatic carbocycles. The van der Waals surface area contributed by atoms with Gasteiger partial charge in [0.1, 0.15) is 5.69 Å². The van der Waals surface area contributed by atoms with E-state index in [4.69, 9.17) is 11.6 Å². The lowest BCUT2D eigenvalue weighted by atomic mass is 10.2. The molecule has 0 spiro atoms. The number of carbonyl (C=O) groups is 1. The maximum absolute atomic E-state index is 12.7. The number of nitrogens with zero attached hydrogens (tertiary/aromatic N) is 4. The van der Waals surface area contributed by atoms with Crippen LogP contribution < -0.4 is 5.32 Å². The topological polar surface area (TPSA) is 64.7 Å². The van der Waals surface area contributed by atoms with Gasteiger partial charge in [-0.2, -0.15) is 23.7 Å². The molecule has 2 heterocycles. The number of carbonyl (C=O) groups excluding carboxylic acids is 1. The summed E-state index contributed by atoms with van der Waals surface area (Å²) in [7, 11) is 0. The molecule has 0 radical (unpaired) electrons. The van der Waals surface area contributed by atoms with Crippen LogP contribution in [0, 0.1) is 0 Å². The van der Waals surface area contributed by atoms with Crippen molar-refractivity contribution in [1.82, 2.24) is 19.6 Å². The van der Waals surface area contributed by atoms with Crippen LogP contribution >= 0.6 is 11.6 Å². The standard InChI is InChI=1S/C15H12ClF2N5O/c16-12-4-2-1-3-10(12)8-22-9-11(7-20-22)21-14(24)13-5-6-19-23(13)15(17)18/h1-7,9,15H,8H2,(H,21,24). The lowest BCUT2D eigenvalue weighted by Gasteiger charge is -2.06. The Labute approximate surface area is 140 Å². The predicted octanol–water partition coefficient (Wildman–Crippen LogP) is 3.43. The van der Waals surface area contributed by atoms with E-state index >= 15 is 0 Å². The van der Waals surface area contributed by atoms with Gasteiger partial charge in [0.2, 0.25) is 0 Å². The number of anilines is 1. The van der Waals surface area contributed by atoms with Gasteiger partial charge in [0.25, 0.3) is 5.91 Å². The van der Waals surface area contributed by atoms with E-state index in [1.54, 1.807) is 16.9 Å². The van der Waals surface area contributed by atoms with Crippen molar-refractivity contribution >= 4 is 23.2 Å². The number of rotatable bonds is 5. The molecule has 0 unspecified atom stereocenters. The Kier molecular flexibility index (Phi) is 4.57. The summed E-state index contributed by atoms with van der Waals surface area (Å²) in [6.45, 7) is -2.46. The third-order valence-electron chi connectivity index (χ3n) is 3.27. The van der Waals surface area contributed by atoms with Crippen LogP contribution in [0.2, 0.25) is 5.02 Å². The van der Waals surface area contributed by atoms with E-state index in [1.807, 2.05) is 18.2 Å². The van der Waals surface area contributed by atoms with Crippen molar-refractivity contribution in [2.45, 2.75) is 13.1 Å². The first-order valence-corrected chi connectivity index (χ1v) is 7.31. The second kappa shape index (κ2) is 6.79. The molecule has 6 nitrogen and oxygen atoms in total. The average molecular weight is 352 g/mol. The van der Waals surface area contributed by atoms with Crippen LogP contribution in [-0.2, 0) is 6.54 Å². The summed E-state index contributed by atoms with van der Waals surface area (Å²) in [4.78, 5) is 12.1. The zero-order valence-electron chi connectivity index (χ0n) is 12.2. The summed E-state index contributed by atoms with van der Waals surface area (Å²) >= 11 is 6.09. The van der Waals surface area contributed by atoms with Gasteiger partial charge in [-0.15, -0.1) is 0 Å². The Morgan fingerprint density at radius 3 is 2.79 bits per heavy atom. The molecule has 0 fully saturated rings. The Balaban J connectivity index is 1.71. The molecule has 3 aromatic rings. The molecule has 1 N–H and O–H groups in total. The van der Waals surface area contributed by atoms with Crippen LogP contribution in [0.5, 0.6) is 0 Å². The monoisotopic (exact) mass is 351 g/mol. The predicted molar refractivity (Wildman–Crippen MR) is 84.2 cm³/mol. The van der Waals surface area contributed by atoms with Crippen molar-refractivity contribution in [3.8, 4) is 0 Å². The molecule has 24 heavy (non-hydrogen) atoms. The van der Waals surface area contributed by atoms with Crippen LogP contribution in [0.25, 0.3) is 0 Å². The molecule has 0 bridgehead atoms. The third-order valence-corrected chi connectivity index (χ3v) is 3.64. The van der Waals surface area contributed by atoms with Gasteiger partial charge in [0, 0.05) is 17.4 Å². The van der Waals surface area contributed by atoms with Gasteiger partial charge in [0.15, 0.2) is 0 Å². The van der Waals surface area contributed by atoms with Gasteiger partial charge < -0.3 is 5.32 Å². The molecule has 1 aromatic carbocycles. The molecule has 0 saturated carbocycles. The second-order valence-electron chi connectivity index (χ2n) is 4.91. The summed E-state index contributed by atoms with van der Waals surface area (Å²) in [5.74, 6) is -0.690. The summed E-state index contributed by atoms with van der Waals surface area (Å²) in [6, 6.07) is 8.54. The van der Waals surface area contributed by atoms with E-state index in [9.17, 15) is 13.6 Å². The van der Waals surface area contributed by atoms with Crippen molar-refractivity contribution in [3.63, 3.8) is 0 Å². The average Bonchev–Trinajstić information content (AvgIpc) is 3.19. The van der Waals surface area contributed by atoms with Crippen LogP contribution in [-0.4, -0.2) is 25.5 Å². The maximum atomic E-state index is 12.7. The lowest BCUT2D eigenvalue weighted by Crippen LogP contribution is -2.18. The largest absolute Gasteiger partial charge is 0.333 e. The van der Waals surface area contributed by atoms with Crippen LogP contribution in [0.15, 0.2) is 48.9 Å². The fourth-order valence-corrected chi connectivity index (χ4v) is 2.36. The zero-order valence-corrected chi connectivity index (χ0v) is 13.0. The quantitative estimate of drug-likeness (QED) is 0.766. The van der Waals surface area contributed by atoms with Crippen molar-refractivity contribution < 1.29 is 13.6 Å². The highest BCUT2D eigenvalue weighted by atomic mass is 35.5. The molecule has 124 valence electrons. The Morgan fingerprint density at radius 1 is 1.25 bits per heavy atom. The van der Waals surface area contributed by atoms with E-state index in [0.717, 1.165) is 11.8 Å². The molecule has 1 amide bonds. The fraction of sp³-hybridized carbons (Fsp3) is 0.133. The molecule has 0 aliphatic rings. The molecule has 3 rings (SSSR count). The molecule has 9 heteroatoms. The molecular formula is C15H12ClF2N5O. The lowest BCUT2D eigenvalue weighted by molar-refractivity contribution is 0.0520. The van der Waals surface area contributed by atoms with Crippen molar-refractivity contribution in [1.29, 1.82) is 0 Å². The van der Waals surface area contributed by atoms with Gasteiger partial charge in [-0.05, 0) is 17.7 Å². The van der Waals surface area contributed by atoms with Gasteiger partial charge in [-0.3, -0.25) is 9.48 Å². The second-order valence-corrected chi connectivity index (χ2v) is 5.32. The van der Waals surface area contributed by atoms with Crippen LogP contribution in [0.1, 0.15) is 22.6 Å². The number of amides is 1. The first kappa shape index (κ1) is 16.1. The minimum absolute atomic E-state index is 0.233. The minimum Gasteiger partial charge on any atom is -0.318 e. The Morgan fingerprint density at radius 2 is 2.04 bits per heavy atom. The first-order valence-electron chi connectivity index (χ1n) is 6.93. The smallest absolute Gasteiger partial charge is 0.318 e. The van der Waals surface area contributed by atoms with E-state index in [0.29, 0.717) is 21.9 Å². The van der Waals surface area contributed by atoms with Crippen LogP contribution in [0.4, 0.5) is 14.5 Å². The SMILES string of the molecule is O=C(Nc1cnn(Cc2ccccc2Cl)c1)c1ccnn1C(F)F. The summed E-state index contributed by atoms with van der Waals surface area (Å²) < 4.78 is 27.4. The van der Waals surface area contributed by atoms with Gasteiger partial charge in [-0.1, -0.05) is 29.8 Å². The highest BCUT2D eigenvalue weighted by molar-refractivity contribution is 6.31. The van der Waals surface area contributed by atoms with E-state index in [1.165, 1.54) is 12.3 Å². The number of alkyl halides is 2. The van der Waals surface area contributed by atoms with Crippen molar-refractivity contribution in [3.05, 3.63) is 65.2 Å². The molecule has 0 saturated heterocycles. The fourth-order valence-electron chi connectivity index (χ4n) is 2.16. The van der Waals surface area contributed by atoms with E-state index in [-0.39, 0.29) is 5.69 Å². The summed E-state index contributed by atoms with van der Waals surface area (Å²) in [5.41, 5.74) is 1.02. The molecular weight excluding hydrogens is 340 g/mol. The van der Waals surface area contributed by atoms with Crippen molar-refractivity contribution in [2.24, 2.45) is 0 Å². The zero-order chi connectivity index (χ0) is 17.1. The highest BCUT2D eigenvalue weighted by Gasteiger charge is 2.18. The highest BCUT2D eigenvalue weighted by Crippen LogP contribution is 2.18. The van der Waals surface area contributed by atoms with Gasteiger partial charge in [-0.25, -0.2) is 0 Å². The number of benzene rings is 1. The van der Waals surface area contributed by atoms with Crippen LogP contribution in [0.3, 0.4) is 0 Å². The minimum atomic E-state index is -2.89. The first-order chi connectivity index (χ1) is 11.5. The Hall–Kier alpha value is -2.74. The summed E-state index contributed by atoms with van der Waals surface area (Å²) in [5, 5.41) is 10.7. The number of aromatic nitrogens is 4. The third kappa shape index (κ3) is 3.43. The van der Waals surface area contributed by atoms with Gasteiger partial charge >= 0.3 is 6.55 Å². The number of nitrogens with one attached hydrogen (secondary N) is 1. The normalized spacial score (nSPS) is 11.0. The van der Waals surface area contributed by atoms with Crippen molar-refractivity contribution in [2.75, 3.05) is 5.32 Å². The van der Waals surface area contributed by atoms with Gasteiger partial charge in [0.05, 0.1) is 18.4 Å². The summed E-state index contributed by atoms with van der Waals surface area (Å²) in [6.07, 6.45) is 4.16. The number of halogens is 3. The molecule has 2 aromatic heterocycles.